The molecule has 1 N–H and O–H groups in total. The molecule has 66 valence electrons. The zero-order valence-corrected chi connectivity index (χ0v) is 7.45. The number of nitrogens with zero attached hydrogens (tertiary/aromatic N) is 1. The van der Waals surface area contributed by atoms with Gasteiger partial charge in [-0.05, 0) is 27.4 Å². The van der Waals surface area contributed by atoms with Crippen LogP contribution in [0.15, 0.2) is 0 Å². The van der Waals surface area contributed by atoms with Crippen molar-refractivity contribution in [3.63, 3.8) is 0 Å². The van der Waals surface area contributed by atoms with Crippen molar-refractivity contribution in [3.05, 3.63) is 0 Å². The van der Waals surface area contributed by atoms with Crippen LogP contribution < -0.4 is 0 Å². The molecule has 11 heavy (non-hydrogen) atoms. The van der Waals surface area contributed by atoms with Crippen molar-refractivity contribution in [1.82, 2.24) is 4.90 Å². The van der Waals surface area contributed by atoms with E-state index in [1.165, 1.54) is 0 Å². The minimum atomic E-state index is -0.370. The topological polar surface area (TPSA) is 40.5 Å². The van der Waals surface area contributed by atoms with Crippen LogP contribution in [0.1, 0.15) is 19.8 Å². The molecule has 0 aliphatic heterocycles. The SMILES string of the molecule is C[C@@H](O)[C@H](CCC=O)N(C)C. The highest BCUT2D eigenvalue weighted by Gasteiger charge is 2.15. The molecule has 0 saturated heterocycles. The Labute approximate surface area is 68.0 Å². The Balaban J connectivity index is 3.79. The molecule has 0 unspecified atom stereocenters. The number of aliphatic hydroxyl groups is 1. The highest BCUT2D eigenvalue weighted by molar-refractivity contribution is 5.49. The fourth-order valence-corrected chi connectivity index (χ4v) is 1.17. The zero-order valence-electron chi connectivity index (χ0n) is 7.45. The molecule has 0 aliphatic rings. The van der Waals surface area contributed by atoms with Gasteiger partial charge in [-0.1, -0.05) is 0 Å². The van der Waals surface area contributed by atoms with Crippen LogP contribution in [0, 0.1) is 0 Å². The maximum absolute atomic E-state index is 10.1. The second kappa shape index (κ2) is 5.27. The highest BCUT2D eigenvalue weighted by atomic mass is 16.3. The molecule has 0 bridgehead atoms. The average molecular weight is 159 g/mol. The second-order valence-corrected chi connectivity index (χ2v) is 3.02. The fraction of sp³-hybridized carbons (Fsp3) is 0.875. The Hall–Kier alpha value is -0.410. The highest BCUT2D eigenvalue weighted by Crippen LogP contribution is 2.06. The minimum absolute atomic E-state index is 0.0974. The van der Waals surface area contributed by atoms with Crippen molar-refractivity contribution < 1.29 is 9.90 Å². The van der Waals surface area contributed by atoms with Gasteiger partial charge in [0.15, 0.2) is 0 Å². The molecule has 0 amide bonds. The molecule has 0 aromatic rings. The summed E-state index contributed by atoms with van der Waals surface area (Å²) in [5, 5.41) is 9.25. The number of aldehydes is 1. The smallest absolute Gasteiger partial charge is 0.120 e. The molecule has 0 aliphatic carbocycles. The summed E-state index contributed by atoms with van der Waals surface area (Å²) in [7, 11) is 3.81. The van der Waals surface area contributed by atoms with E-state index >= 15 is 0 Å². The van der Waals surface area contributed by atoms with E-state index in [9.17, 15) is 9.90 Å². The first-order chi connectivity index (χ1) is 5.09. The van der Waals surface area contributed by atoms with Crippen molar-refractivity contribution in [2.24, 2.45) is 0 Å². The van der Waals surface area contributed by atoms with Gasteiger partial charge in [0.25, 0.3) is 0 Å². The molecule has 0 aromatic carbocycles. The predicted molar refractivity (Wildman–Crippen MR) is 44.5 cm³/mol. The molecule has 0 fully saturated rings. The third-order valence-corrected chi connectivity index (χ3v) is 1.80. The largest absolute Gasteiger partial charge is 0.392 e. The minimum Gasteiger partial charge on any atom is -0.392 e. The van der Waals surface area contributed by atoms with Crippen LogP contribution in [-0.2, 0) is 4.79 Å². The summed E-state index contributed by atoms with van der Waals surface area (Å²) in [5.41, 5.74) is 0. The van der Waals surface area contributed by atoms with Crippen LogP contribution in [0.3, 0.4) is 0 Å². The summed E-state index contributed by atoms with van der Waals surface area (Å²) in [6.07, 6.45) is 1.77. The number of hydrogen-bond donors (Lipinski definition) is 1. The maximum atomic E-state index is 10.1. The molecule has 0 spiro atoms. The van der Waals surface area contributed by atoms with E-state index in [0.29, 0.717) is 6.42 Å². The Morgan fingerprint density at radius 1 is 1.55 bits per heavy atom. The third kappa shape index (κ3) is 4.11. The summed E-state index contributed by atoms with van der Waals surface area (Å²) in [4.78, 5) is 12.0. The first-order valence-electron chi connectivity index (χ1n) is 3.87. The molecule has 2 atom stereocenters. The van der Waals surface area contributed by atoms with Gasteiger partial charge in [-0.3, -0.25) is 0 Å². The van der Waals surface area contributed by atoms with Gasteiger partial charge >= 0.3 is 0 Å². The Kier molecular flexibility index (Phi) is 5.07. The number of rotatable bonds is 5. The maximum Gasteiger partial charge on any atom is 0.120 e. The molecule has 0 heterocycles. The third-order valence-electron chi connectivity index (χ3n) is 1.80. The van der Waals surface area contributed by atoms with E-state index in [2.05, 4.69) is 0 Å². The summed E-state index contributed by atoms with van der Waals surface area (Å²) < 4.78 is 0. The van der Waals surface area contributed by atoms with Crippen LogP contribution in [0.4, 0.5) is 0 Å². The van der Waals surface area contributed by atoms with E-state index in [1.54, 1.807) is 6.92 Å². The molecule has 3 heteroatoms. The lowest BCUT2D eigenvalue weighted by Crippen LogP contribution is -2.37. The van der Waals surface area contributed by atoms with Crippen molar-refractivity contribution in [2.45, 2.75) is 31.9 Å². The number of carbonyl (C=O) groups is 1. The Bertz CT molecular complexity index is 105. The van der Waals surface area contributed by atoms with Gasteiger partial charge in [0.2, 0.25) is 0 Å². The lowest BCUT2D eigenvalue weighted by Gasteiger charge is -2.25. The summed E-state index contributed by atoms with van der Waals surface area (Å²) >= 11 is 0. The van der Waals surface area contributed by atoms with Gasteiger partial charge in [-0.15, -0.1) is 0 Å². The lowest BCUT2D eigenvalue weighted by atomic mass is 10.1. The van der Waals surface area contributed by atoms with E-state index in [0.717, 1.165) is 12.7 Å². The van der Waals surface area contributed by atoms with E-state index < -0.39 is 0 Å². The van der Waals surface area contributed by atoms with Crippen LogP contribution in [0.25, 0.3) is 0 Å². The molecule has 0 aromatic heterocycles. The molecule has 0 radical (unpaired) electrons. The average Bonchev–Trinajstić information content (AvgIpc) is 1.87. The zero-order chi connectivity index (χ0) is 8.85. The first-order valence-corrected chi connectivity index (χ1v) is 3.87. The lowest BCUT2D eigenvalue weighted by molar-refractivity contribution is -0.108. The molecular formula is C8H17NO2. The number of hydrogen-bond acceptors (Lipinski definition) is 3. The number of aliphatic hydroxyl groups excluding tert-OH is 1. The normalized spacial score (nSPS) is 16.5. The fourth-order valence-electron chi connectivity index (χ4n) is 1.17. The second-order valence-electron chi connectivity index (χ2n) is 3.02. The van der Waals surface area contributed by atoms with Gasteiger partial charge in [-0.25, -0.2) is 0 Å². The van der Waals surface area contributed by atoms with Crippen molar-refractivity contribution in [2.75, 3.05) is 14.1 Å². The van der Waals surface area contributed by atoms with Crippen LogP contribution in [0.2, 0.25) is 0 Å². The Morgan fingerprint density at radius 2 is 2.09 bits per heavy atom. The molecular weight excluding hydrogens is 142 g/mol. The standard InChI is InChI=1S/C8H17NO2/c1-7(11)8(9(2)3)5-4-6-10/h6-8,11H,4-5H2,1-3H3/t7-,8+/m1/s1. The first kappa shape index (κ1) is 10.6. The molecule has 0 saturated carbocycles. The number of carbonyl (C=O) groups excluding carboxylic acids is 1. The van der Waals surface area contributed by atoms with Crippen LogP contribution in [0.5, 0.6) is 0 Å². The quantitative estimate of drug-likeness (QED) is 0.586. The van der Waals surface area contributed by atoms with Gasteiger partial charge in [0.1, 0.15) is 6.29 Å². The van der Waals surface area contributed by atoms with Gasteiger partial charge in [-0.2, -0.15) is 0 Å². The monoisotopic (exact) mass is 159 g/mol. The summed E-state index contributed by atoms with van der Waals surface area (Å²) in [6.45, 7) is 1.75. The van der Waals surface area contributed by atoms with E-state index in [1.807, 2.05) is 19.0 Å². The Morgan fingerprint density at radius 3 is 2.36 bits per heavy atom. The van der Waals surface area contributed by atoms with Crippen molar-refractivity contribution in [3.8, 4) is 0 Å². The van der Waals surface area contributed by atoms with Crippen molar-refractivity contribution in [1.29, 1.82) is 0 Å². The van der Waals surface area contributed by atoms with Crippen molar-refractivity contribution >= 4 is 6.29 Å². The summed E-state index contributed by atoms with van der Waals surface area (Å²) in [5.74, 6) is 0. The summed E-state index contributed by atoms with van der Waals surface area (Å²) in [6, 6.07) is 0.0974. The van der Waals surface area contributed by atoms with Crippen LogP contribution >= 0.6 is 0 Å². The number of likely N-dealkylation sites (N-methyl/N-ethyl adjacent to an activating group) is 1. The predicted octanol–water partition coefficient (Wildman–Crippen LogP) is 0.276. The van der Waals surface area contributed by atoms with Crippen LogP contribution in [-0.4, -0.2) is 42.5 Å². The van der Waals surface area contributed by atoms with E-state index in [4.69, 9.17) is 0 Å². The van der Waals surface area contributed by atoms with Gasteiger partial charge in [0, 0.05) is 12.5 Å². The van der Waals surface area contributed by atoms with Gasteiger partial charge in [0.05, 0.1) is 6.10 Å². The van der Waals surface area contributed by atoms with E-state index in [-0.39, 0.29) is 12.1 Å². The molecule has 0 rings (SSSR count). The molecule has 3 nitrogen and oxygen atoms in total. The van der Waals surface area contributed by atoms with Gasteiger partial charge < -0.3 is 14.8 Å².